The maximum absolute atomic E-state index is 12.4. The molecular formula is C24H32N4O3. The standard InChI is InChI=1S/C24H32N4O3/c1-31-19-12-14-28(16-19)13-5-4-11-22(29)25-18-8-6-7-17(15-18)23-20-9-2-3-10-21(20)24(30)27-26-23/h6-8,15,19H,2-5,9-14,16H2,1H3,(H,25,29)(H,27,30). The number of nitrogens with zero attached hydrogens (tertiary/aromatic N) is 2. The summed E-state index contributed by atoms with van der Waals surface area (Å²) in [6.45, 7) is 3.10. The van der Waals surface area contributed by atoms with E-state index in [1.54, 1.807) is 7.11 Å². The monoisotopic (exact) mass is 424 g/mol. The Morgan fingerprint density at radius 3 is 2.90 bits per heavy atom. The lowest BCUT2D eigenvalue weighted by atomic mass is 9.90. The van der Waals surface area contributed by atoms with E-state index in [4.69, 9.17) is 4.74 Å². The molecule has 0 saturated carbocycles. The summed E-state index contributed by atoms with van der Waals surface area (Å²) in [6.07, 6.45) is 7.65. The van der Waals surface area contributed by atoms with Crippen LogP contribution < -0.4 is 10.9 Å². The predicted molar refractivity (Wildman–Crippen MR) is 121 cm³/mol. The molecule has 1 unspecified atom stereocenters. The molecule has 0 spiro atoms. The third-order valence-electron chi connectivity index (χ3n) is 6.41. The van der Waals surface area contributed by atoms with Gasteiger partial charge in [0.25, 0.3) is 5.56 Å². The highest BCUT2D eigenvalue weighted by molar-refractivity contribution is 5.91. The Morgan fingerprint density at radius 2 is 2.10 bits per heavy atom. The number of anilines is 1. The second-order valence-electron chi connectivity index (χ2n) is 8.60. The number of amides is 1. The fraction of sp³-hybridized carbons (Fsp3) is 0.542. The van der Waals surface area contributed by atoms with E-state index in [0.717, 1.165) is 92.7 Å². The van der Waals surface area contributed by atoms with Gasteiger partial charge < -0.3 is 15.0 Å². The first kappa shape index (κ1) is 21.7. The third kappa shape index (κ3) is 5.40. The largest absolute Gasteiger partial charge is 0.380 e. The molecule has 1 fully saturated rings. The number of nitrogens with one attached hydrogen (secondary N) is 2. The Morgan fingerprint density at radius 1 is 1.26 bits per heavy atom. The van der Waals surface area contributed by atoms with Gasteiger partial charge in [-0.1, -0.05) is 12.1 Å². The number of unbranched alkanes of at least 4 members (excludes halogenated alkanes) is 1. The summed E-state index contributed by atoms with van der Waals surface area (Å²) in [5.41, 5.74) is 4.35. The Kier molecular flexibility index (Phi) is 7.14. The zero-order valence-electron chi connectivity index (χ0n) is 18.3. The van der Waals surface area contributed by atoms with Crippen LogP contribution in [0.25, 0.3) is 11.3 Å². The highest BCUT2D eigenvalue weighted by Crippen LogP contribution is 2.29. The van der Waals surface area contributed by atoms with Gasteiger partial charge in [0.05, 0.1) is 11.8 Å². The SMILES string of the molecule is COC1CCN(CCCCC(=O)Nc2cccc(-c3n[nH]c(=O)c4c3CCCC4)c2)C1. The molecule has 0 radical (unpaired) electrons. The number of hydrogen-bond acceptors (Lipinski definition) is 5. The van der Waals surface area contributed by atoms with Crippen LogP contribution in [0.15, 0.2) is 29.1 Å². The van der Waals surface area contributed by atoms with Crippen LogP contribution in [0, 0.1) is 0 Å². The number of carbonyl (C=O) groups excluding carboxylic acids is 1. The van der Waals surface area contributed by atoms with Crippen molar-refractivity contribution in [1.29, 1.82) is 0 Å². The van der Waals surface area contributed by atoms with E-state index in [1.165, 1.54) is 0 Å². The van der Waals surface area contributed by atoms with Gasteiger partial charge in [0, 0.05) is 43.4 Å². The van der Waals surface area contributed by atoms with Crippen LogP contribution in [0.2, 0.25) is 0 Å². The highest BCUT2D eigenvalue weighted by Gasteiger charge is 2.21. The summed E-state index contributed by atoms with van der Waals surface area (Å²) in [4.78, 5) is 27.0. The topological polar surface area (TPSA) is 87.3 Å². The van der Waals surface area contributed by atoms with E-state index in [2.05, 4.69) is 20.4 Å². The Bertz CT molecular complexity index is 972. The fourth-order valence-corrected chi connectivity index (χ4v) is 4.68. The maximum Gasteiger partial charge on any atom is 0.267 e. The number of methoxy groups -OCH3 is 1. The number of H-pyrrole nitrogens is 1. The normalized spacial score (nSPS) is 18.7. The number of ether oxygens (including phenoxy) is 1. The molecule has 2 heterocycles. The maximum atomic E-state index is 12.4. The number of rotatable bonds is 8. The van der Waals surface area contributed by atoms with Crippen LogP contribution in [0.5, 0.6) is 0 Å². The van der Waals surface area contributed by atoms with Crippen molar-refractivity contribution in [3.8, 4) is 11.3 Å². The number of benzene rings is 1. The Hall–Kier alpha value is -2.51. The molecule has 166 valence electrons. The summed E-state index contributed by atoms with van der Waals surface area (Å²) >= 11 is 0. The summed E-state index contributed by atoms with van der Waals surface area (Å²) < 4.78 is 5.40. The average Bonchev–Trinajstić information content (AvgIpc) is 3.25. The quantitative estimate of drug-likeness (QED) is 0.636. The summed E-state index contributed by atoms with van der Waals surface area (Å²) in [7, 11) is 1.77. The zero-order valence-corrected chi connectivity index (χ0v) is 18.3. The molecule has 1 atom stereocenters. The van der Waals surface area contributed by atoms with Crippen LogP contribution in [-0.4, -0.2) is 53.9 Å². The molecule has 7 heteroatoms. The molecule has 2 N–H and O–H groups in total. The molecule has 1 saturated heterocycles. The molecule has 1 aliphatic heterocycles. The molecule has 1 aromatic heterocycles. The first-order valence-corrected chi connectivity index (χ1v) is 11.4. The van der Waals surface area contributed by atoms with Crippen molar-refractivity contribution in [3.05, 3.63) is 45.7 Å². The molecule has 7 nitrogen and oxygen atoms in total. The first-order chi connectivity index (χ1) is 15.1. The number of likely N-dealkylation sites (tertiary alicyclic amines) is 1. The van der Waals surface area contributed by atoms with Crippen molar-refractivity contribution < 1.29 is 9.53 Å². The van der Waals surface area contributed by atoms with Crippen molar-refractivity contribution in [2.45, 2.75) is 57.5 Å². The second-order valence-corrected chi connectivity index (χ2v) is 8.60. The Labute approximate surface area is 183 Å². The number of aromatic nitrogens is 2. The van der Waals surface area contributed by atoms with Gasteiger partial charge in [0.2, 0.25) is 5.91 Å². The van der Waals surface area contributed by atoms with Crippen LogP contribution >= 0.6 is 0 Å². The summed E-state index contributed by atoms with van der Waals surface area (Å²) in [6, 6.07) is 7.75. The molecule has 1 amide bonds. The van der Waals surface area contributed by atoms with Gasteiger partial charge in [0.15, 0.2) is 0 Å². The van der Waals surface area contributed by atoms with Crippen molar-refractivity contribution in [2.75, 3.05) is 32.1 Å². The highest BCUT2D eigenvalue weighted by atomic mass is 16.5. The molecule has 4 rings (SSSR count). The van der Waals surface area contributed by atoms with Crippen LogP contribution in [0.4, 0.5) is 5.69 Å². The van der Waals surface area contributed by atoms with E-state index in [1.807, 2.05) is 24.3 Å². The van der Waals surface area contributed by atoms with Crippen molar-refractivity contribution in [2.24, 2.45) is 0 Å². The number of hydrogen-bond donors (Lipinski definition) is 2. The van der Waals surface area contributed by atoms with Crippen molar-refractivity contribution in [3.63, 3.8) is 0 Å². The van der Waals surface area contributed by atoms with E-state index in [0.29, 0.717) is 12.5 Å². The van der Waals surface area contributed by atoms with Gasteiger partial charge in [-0.05, 0) is 69.2 Å². The van der Waals surface area contributed by atoms with Crippen LogP contribution in [0.3, 0.4) is 0 Å². The van der Waals surface area contributed by atoms with E-state index < -0.39 is 0 Å². The molecule has 1 aromatic carbocycles. The third-order valence-corrected chi connectivity index (χ3v) is 6.41. The van der Waals surface area contributed by atoms with Crippen LogP contribution in [0.1, 0.15) is 49.7 Å². The number of carbonyl (C=O) groups is 1. The van der Waals surface area contributed by atoms with Gasteiger partial charge in [-0.25, -0.2) is 5.10 Å². The van der Waals surface area contributed by atoms with Crippen LogP contribution in [-0.2, 0) is 22.4 Å². The second kappa shape index (κ2) is 10.2. The fourth-order valence-electron chi connectivity index (χ4n) is 4.68. The molecule has 1 aliphatic carbocycles. The predicted octanol–water partition coefficient (Wildman–Crippen LogP) is 3.15. The lowest BCUT2D eigenvalue weighted by Gasteiger charge is -2.17. The van der Waals surface area contributed by atoms with Gasteiger partial charge in [0.1, 0.15) is 0 Å². The zero-order chi connectivity index (χ0) is 21.6. The molecule has 2 aliphatic rings. The minimum Gasteiger partial charge on any atom is -0.380 e. The van der Waals surface area contributed by atoms with Crippen molar-refractivity contribution in [1.82, 2.24) is 15.1 Å². The van der Waals surface area contributed by atoms with Crippen molar-refractivity contribution >= 4 is 11.6 Å². The van der Waals surface area contributed by atoms with Gasteiger partial charge in [-0.2, -0.15) is 5.10 Å². The Balaban J connectivity index is 1.32. The number of fused-ring (bicyclic) bond motifs is 1. The first-order valence-electron chi connectivity index (χ1n) is 11.4. The smallest absolute Gasteiger partial charge is 0.267 e. The average molecular weight is 425 g/mol. The van der Waals surface area contributed by atoms with Gasteiger partial charge >= 0.3 is 0 Å². The number of aromatic amines is 1. The lowest BCUT2D eigenvalue weighted by molar-refractivity contribution is -0.116. The van der Waals surface area contributed by atoms with E-state index in [9.17, 15) is 9.59 Å². The molecule has 2 aromatic rings. The minimum absolute atomic E-state index is 0.0322. The molecule has 31 heavy (non-hydrogen) atoms. The van der Waals surface area contributed by atoms with Gasteiger partial charge in [-0.3, -0.25) is 9.59 Å². The summed E-state index contributed by atoms with van der Waals surface area (Å²) in [5, 5.41) is 9.99. The van der Waals surface area contributed by atoms with E-state index >= 15 is 0 Å². The summed E-state index contributed by atoms with van der Waals surface area (Å²) in [5.74, 6) is 0.0322. The lowest BCUT2D eigenvalue weighted by Crippen LogP contribution is -2.24. The molecular weight excluding hydrogens is 392 g/mol. The minimum atomic E-state index is -0.0745. The molecule has 0 bridgehead atoms. The van der Waals surface area contributed by atoms with Gasteiger partial charge in [-0.15, -0.1) is 0 Å². The van der Waals surface area contributed by atoms with E-state index in [-0.39, 0.29) is 11.5 Å².